The first-order valence-corrected chi connectivity index (χ1v) is 8.18. The Morgan fingerprint density at radius 2 is 1.88 bits per heavy atom. The fourth-order valence-electron chi connectivity index (χ4n) is 2.59. The van der Waals surface area contributed by atoms with Gasteiger partial charge in [-0.2, -0.15) is 5.10 Å². The van der Waals surface area contributed by atoms with Crippen LogP contribution in [-0.2, 0) is 4.79 Å². The number of carbonyl (C=O) groups excluding carboxylic acids is 2. The van der Waals surface area contributed by atoms with Crippen LogP contribution in [0, 0.1) is 5.82 Å². The van der Waals surface area contributed by atoms with E-state index >= 15 is 0 Å². The predicted octanol–water partition coefficient (Wildman–Crippen LogP) is 2.58. The predicted molar refractivity (Wildman–Crippen MR) is 97.1 cm³/mol. The van der Waals surface area contributed by atoms with Crippen LogP contribution in [0.15, 0.2) is 42.5 Å². The van der Waals surface area contributed by atoms with Gasteiger partial charge in [-0.1, -0.05) is 0 Å². The molecule has 1 aromatic heterocycles. The van der Waals surface area contributed by atoms with Gasteiger partial charge in [0.1, 0.15) is 5.82 Å². The highest BCUT2D eigenvalue weighted by molar-refractivity contribution is 6.01. The Balaban J connectivity index is 1.80. The van der Waals surface area contributed by atoms with Gasteiger partial charge in [-0.25, -0.2) is 4.39 Å². The number of hydrogen-bond donors (Lipinski definition) is 2. The summed E-state index contributed by atoms with van der Waals surface area (Å²) in [5, 5.41) is 10.7. The number of aromatic amines is 1. The Morgan fingerprint density at radius 1 is 1.15 bits per heavy atom. The lowest BCUT2D eigenvalue weighted by atomic mass is 10.1. The molecule has 1 heterocycles. The van der Waals surface area contributed by atoms with E-state index in [0.29, 0.717) is 11.3 Å². The summed E-state index contributed by atoms with van der Waals surface area (Å²) in [7, 11) is 3.35. The van der Waals surface area contributed by atoms with Crippen molar-refractivity contribution < 1.29 is 14.0 Å². The average molecular weight is 354 g/mol. The molecule has 6 nitrogen and oxygen atoms in total. The van der Waals surface area contributed by atoms with Crippen molar-refractivity contribution in [3.63, 3.8) is 0 Å². The lowest BCUT2D eigenvalue weighted by molar-refractivity contribution is -0.128. The van der Waals surface area contributed by atoms with E-state index in [1.807, 2.05) is 0 Å². The van der Waals surface area contributed by atoms with E-state index in [4.69, 9.17) is 0 Å². The summed E-state index contributed by atoms with van der Waals surface area (Å²) in [4.78, 5) is 25.4. The Labute approximate surface area is 150 Å². The Morgan fingerprint density at radius 3 is 2.58 bits per heavy atom. The quantitative estimate of drug-likeness (QED) is 0.739. The molecular formula is C19H19FN4O2. The summed E-state index contributed by atoms with van der Waals surface area (Å²) in [6.07, 6.45) is 0.244. The Kier molecular flexibility index (Phi) is 4.97. The number of amides is 2. The van der Waals surface area contributed by atoms with E-state index in [9.17, 15) is 14.0 Å². The summed E-state index contributed by atoms with van der Waals surface area (Å²) in [6.45, 7) is 0.268. The molecule has 0 spiro atoms. The van der Waals surface area contributed by atoms with Gasteiger partial charge in [0.05, 0.1) is 11.2 Å². The number of aromatic nitrogens is 2. The highest BCUT2D eigenvalue weighted by Crippen LogP contribution is 2.27. The Bertz CT molecular complexity index is 948. The molecule has 134 valence electrons. The van der Waals surface area contributed by atoms with Gasteiger partial charge in [0.2, 0.25) is 5.91 Å². The van der Waals surface area contributed by atoms with Crippen LogP contribution >= 0.6 is 0 Å². The largest absolute Gasteiger partial charge is 0.352 e. The highest BCUT2D eigenvalue weighted by atomic mass is 19.1. The van der Waals surface area contributed by atoms with Crippen LogP contribution in [0.5, 0.6) is 0 Å². The van der Waals surface area contributed by atoms with Crippen molar-refractivity contribution >= 4 is 22.7 Å². The summed E-state index contributed by atoms with van der Waals surface area (Å²) < 4.78 is 13.1. The number of benzene rings is 2. The summed E-state index contributed by atoms with van der Waals surface area (Å²) in [5.74, 6) is -0.625. The number of hydrogen-bond acceptors (Lipinski definition) is 3. The van der Waals surface area contributed by atoms with Gasteiger partial charge in [0.25, 0.3) is 5.91 Å². The maximum atomic E-state index is 13.1. The molecule has 7 heteroatoms. The molecule has 3 aromatic rings. The number of nitrogens with one attached hydrogen (secondary N) is 2. The van der Waals surface area contributed by atoms with Gasteiger partial charge in [-0.15, -0.1) is 0 Å². The highest BCUT2D eigenvalue weighted by Gasteiger charge is 2.13. The maximum absolute atomic E-state index is 13.1. The normalized spacial score (nSPS) is 10.7. The molecule has 0 bridgehead atoms. The summed E-state index contributed by atoms with van der Waals surface area (Å²) >= 11 is 0. The van der Waals surface area contributed by atoms with Gasteiger partial charge in [0, 0.05) is 43.6 Å². The van der Waals surface area contributed by atoms with Gasteiger partial charge in [-0.05, 0) is 42.5 Å². The zero-order valence-corrected chi connectivity index (χ0v) is 14.5. The molecule has 0 aliphatic carbocycles. The van der Waals surface area contributed by atoms with Crippen LogP contribution in [0.25, 0.3) is 22.2 Å². The molecule has 26 heavy (non-hydrogen) atoms. The molecule has 3 rings (SSSR count). The minimum Gasteiger partial charge on any atom is -0.352 e. The van der Waals surface area contributed by atoms with Crippen LogP contribution in [0.3, 0.4) is 0 Å². The SMILES string of the molecule is CN(C)C(=O)CCNC(=O)c1ccc2[nH]nc(-c3ccc(F)cc3)c2c1. The van der Waals surface area contributed by atoms with Gasteiger partial charge in [-0.3, -0.25) is 14.7 Å². The second kappa shape index (κ2) is 7.35. The molecule has 0 radical (unpaired) electrons. The number of rotatable bonds is 5. The number of carbonyl (C=O) groups is 2. The second-order valence-corrected chi connectivity index (χ2v) is 6.13. The van der Waals surface area contributed by atoms with Gasteiger partial charge in [0.15, 0.2) is 0 Å². The van der Waals surface area contributed by atoms with Gasteiger partial charge < -0.3 is 10.2 Å². The van der Waals surface area contributed by atoms with Crippen LogP contribution in [0.2, 0.25) is 0 Å². The van der Waals surface area contributed by atoms with Crippen molar-refractivity contribution in [3.05, 3.63) is 53.8 Å². The summed E-state index contributed by atoms with van der Waals surface area (Å²) in [6, 6.07) is 11.2. The molecule has 2 amide bonds. The van der Waals surface area contributed by atoms with E-state index in [1.165, 1.54) is 17.0 Å². The van der Waals surface area contributed by atoms with Gasteiger partial charge >= 0.3 is 0 Å². The molecule has 2 N–H and O–H groups in total. The molecule has 0 unspecified atom stereocenters. The Hall–Kier alpha value is -3.22. The van der Waals surface area contributed by atoms with E-state index < -0.39 is 0 Å². The molecule has 0 atom stereocenters. The first kappa shape index (κ1) is 17.6. The average Bonchev–Trinajstić information content (AvgIpc) is 3.05. The lowest BCUT2D eigenvalue weighted by Crippen LogP contribution is -2.30. The van der Waals surface area contributed by atoms with Crippen molar-refractivity contribution in [2.75, 3.05) is 20.6 Å². The first-order chi connectivity index (χ1) is 12.5. The van der Waals surface area contributed by atoms with E-state index in [0.717, 1.165) is 16.5 Å². The molecule has 0 saturated heterocycles. The number of nitrogens with zero attached hydrogens (tertiary/aromatic N) is 2. The molecule has 0 fully saturated rings. The fourth-order valence-corrected chi connectivity index (χ4v) is 2.59. The topological polar surface area (TPSA) is 78.1 Å². The van der Waals surface area contributed by atoms with Crippen molar-refractivity contribution in [2.24, 2.45) is 0 Å². The van der Waals surface area contributed by atoms with E-state index in [1.54, 1.807) is 44.4 Å². The van der Waals surface area contributed by atoms with Crippen molar-refractivity contribution in [3.8, 4) is 11.3 Å². The van der Waals surface area contributed by atoms with Crippen LogP contribution in [0.4, 0.5) is 4.39 Å². The number of fused-ring (bicyclic) bond motifs is 1. The molecule has 0 saturated carbocycles. The zero-order valence-electron chi connectivity index (χ0n) is 14.5. The molecule has 0 aliphatic rings. The fraction of sp³-hybridized carbons (Fsp3) is 0.211. The summed E-state index contributed by atoms with van der Waals surface area (Å²) in [5.41, 5.74) is 2.66. The molecule has 0 aliphatic heterocycles. The maximum Gasteiger partial charge on any atom is 0.251 e. The lowest BCUT2D eigenvalue weighted by Gasteiger charge is -2.10. The van der Waals surface area contributed by atoms with E-state index in [-0.39, 0.29) is 30.6 Å². The molecule has 2 aromatic carbocycles. The third kappa shape index (κ3) is 3.72. The van der Waals surface area contributed by atoms with E-state index in [2.05, 4.69) is 15.5 Å². The van der Waals surface area contributed by atoms with Crippen LogP contribution in [-0.4, -0.2) is 47.6 Å². The monoisotopic (exact) mass is 354 g/mol. The minimum absolute atomic E-state index is 0.0471. The van der Waals surface area contributed by atoms with Crippen molar-refractivity contribution in [1.29, 1.82) is 0 Å². The first-order valence-electron chi connectivity index (χ1n) is 8.18. The zero-order chi connectivity index (χ0) is 18.7. The number of halogens is 1. The second-order valence-electron chi connectivity index (χ2n) is 6.13. The smallest absolute Gasteiger partial charge is 0.251 e. The third-order valence-corrected chi connectivity index (χ3v) is 4.07. The van der Waals surface area contributed by atoms with Crippen LogP contribution in [0.1, 0.15) is 16.8 Å². The minimum atomic E-state index is -0.319. The third-order valence-electron chi connectivity index (χ3n) is 4.07. The van der Waals surface area contributed by atoms with Crippen molar-refractivity contribution in [1.82, 2.24) is 20.4 Å². The van der Waals surface area contributed by atoms with Crippen LogP contribution < -0.4 is 5.32 Å². The standard InChI is InChI=1S/C19H19FN4O2/c1-24(2)17(25)9-10-21-19(26)13-5-8-16-15(11-13)18(23-22-16)12-3-6-14(20)7-4-12/h3-8,11H,9-10H2,1-2H3,(H,21,26)(H,22,23). The molecular weight excluding hydrogens is 335 g/mol. The van der Waals surface area contributed by atoms with Crippen molar-refractivity contribution in [2.45, 2.75) is 6.42 Å². The number of H-pyrrole nitrogens is 1.